The van der Waals surface area contributed by atoms with Gasteiger partial charge in [0, 0.05) is 11.1 Å². The number of anilines is 1. The number of furan rings is 1. The van der Waals surface area contributed by atoms with E-state index >= 15 is 0 Å². The summed E-state index contributed by atoms with van der Waals surface area (Å²) in [5.74, 6) is 1.08. The lowest BCUT2D eigenvalue weighted by molar-refractivity contribution is 0.560. The van der Waals surface area contributed by atoms with E-state index in [1.54, 1.807) is 18.5 Å². The highest BCUT2D eigenvalue weighted by Gasteiger charge is 2.08. The molecule has 0 aliphatic rings. The first-order valence-corrected chi connectivity index (χ1v) is 8.21. The number of aromatic nitrogens is 2. The number of hydrogen-bond acceptors (Lipinski definition) is 5. The molecule has 1 N–H and O–H groups in total. The molecule has 0 radical (unpaired) electrons. The number of benzene rings is 2. The van der Waals surface area contributed by atoms with Gasteiger partial charge in [0.05, 0.1) is 23.9 Å². The van der Waals surface area contributed by atoms with Gasteiger partial charge in [-0.05, 0) is 18.2 Å². The molecule has 126 valence electrons. The monoisotopic (exact) mass is 340 g/mol. The van der Waals surface area contributed by atoms with Gasteiger partial charge in [0.15, 0.2) is 0 Å². The van der Waals surface area contributed by atoms with Crippen molar-refractivity contribution in [3.63, 3.8) is 0 Å². The molecule has 0 saturated heterocycles. The molecule has 0 atom stereocenters. The Morgan fingerprint density at radius 1 is 0.769 bits per heavy atom. The molecule has 0 aliphatic carbocycles. The number of nitrogens with zero attached hydrogens (tertiary/aromatic N) is 3. The summed E-state index contributed by atoms with van der Waals surface area (Å²) in [6.45, 7) is 0. The summed E-state index contributed by atoms with van der Waals surface area (Å²) in [5, 5.41) is 4.16. The van der Waals surface area contributed by atoms with E-state index < -0.39 is 0 Å². The van der Waals surface area contributed by atoms with Crippen molar-refractivity contribution < 1.29 is 4.42 Å². The van der Waals surface area contributed by atoms with E-state index in [1.165, 1.54) is 0 Å². The van der Waals surface area contributed by atoms with Crippen LogP contribution in [0.2, 0.25) is 0 Å². The van der Waals surface area contributed by atoms with E-state index in [1.807, 2.05) is 72.8 Å². The third-order valence-electron chi connectivity index (χ3n) is 3.76. The highest BCUT2D eigenvalue weighted by atomic mass is 16.3. The minimum absolute atomic E-state index is 0.424. The van der Waals surface area contributed by atoms with Crippen molar-refractivity contribution >= 4 is 12.2 Å². The summed E-state index contributed by atoms with van der Waals surface area (Å²) < 4.78 is 5.23. The maximum absolute atomic E-state index is 5.23. The van der Waals surface area contributed by atoms with Crippen molar-refractivity contribution in [3.8, 4) is 22.5 Å². The summed E-state index contributed by atoms with van der Waals surface area (Å²) >= 11 is 0. The number of hydrogen-bond donors (Lipinski definition) is 1. The second kappa shape index (κ2) is 7.44. The lowest BCUT2D eigenvalue weighted by atomic mass is 10.1. The van der Waals surface area contributed by atoms with Gasteiger partial charge in [0.2, 0.25) is 5.95 Å². The van der Waals surface area contributed by atoms with Crippen LogP contribution in [0.25, 0.3) is 22.5 Å². The van der Waals surface area contributed by atoms with Crippen LogP contribution in [0.4, 0.5) is 5.95 Å². The van der Waals surface area contributed by atoms with Gasteiger partial charge in [-0.15, -0.1) is 0 Å². The van der Waals surface area contributed by atoms with Gasteiger partial charge < -0.3 is 4.42 Å². The Balaban J connectivity index is 1.70. The maximum Gasteiger partial charge on any atom is 0.244 e. The average molecular weight is 340 g/mol. The van der Waals surface area contributed by atoms with Crippen LogP contribution in [0.15, 0.2) is 94.6 Å². The Morgan fingerprint density at radius 3 is 1.92 bits per heavy atom. The van der Waals surface area contributed by atoms with Crippen LogP contribution in [0.3, 0.4) is 0 Å². The van der Waals surface area contributed by atoms with Gasteiger partial charge in [-0.25, -0.2) is 15.4 Å². The van der Waals surface area contributed by atoms with Crippen LogP contribution in [-0.2, 0) is 0 Å². The zero-order valence-corrected chi connectivity index (χ0v) is 13.9. The van der Waals surface area contributed by atoms with Crippen molar-refractivity contribution in [2.45, 2.75) is 0 Å². The quantitative estimate of drug-likeness (QED) is 0.417. The molecular formula is C21H16N4O. The first-order chi connectivity index (χ1) is 12.9. The molecule has 0 amide bonds. The SMILES string of the molecule is C(=NNc1nc(-c2ccccc2)cc(-c2ccccc2)n1)c1ccco1. The average Bonchev–Trinajstić information content (AvgIpc) is 3.23. The van der Waals surface area contributed by atoms with Crippen molar-refractivity contribution in [1.29, 1.82) is 0 Å². The van der Waals surface area contributed by atoms with Gasteiger partial charge in [0.1, 0.15) is 5.76 Å². The number of rotatable bonds is 5. The van der Waals surface area contributed by atoms with Crippen molar-refractivity contribution in [3.05, 3.63) is 90.9 Å². The molecule has 2 aromatic carbocycles. The van der Waals surface area contributed by atoms with Crippen LogP contribution in [0, 0.1) is 0 Å². The number of nitrogens with one attached hydrogen (secondary N) is 1. The van der Waals surface area contributed by atoms with Crippen LogP contribution in [0.5, 0.6) is 0 Å². The van der Waals surface area contributed by atoms with E-state index in [4.69, 9.17) is 4.42 Å². The maximum atomic E-state index is 5.23. The zero-order chi connectivity index (χ0) is 17.6. The summed E-state index contributed by atoms with van der Waals surface area (Å²) in [4.78, 5) is 9.16. The Hall–Kier alpha value is -3.73. The van der Waals surface area contributed by atoms with Gasteiger partial charge in [-0.1, -0.05) is 60.7 Å². The molecular weight excluding hydrogens is 324 g/mol. The molecule has 0 bridgehead atoms. The molecule has 4 rings (SSSR count). The lowest BCUT2D eigenvalue weighted by Crippen LogP contribution is -2.00. The highest BCUT2D eigenvalue weighted by Crippen LogP contribution is 2.24. The van der Waals surface area contributed by atoms with Gasteiger partial charge >= 0.3 is 0 Å². The first kappa shape index (κ1) is 15.8. The Bertz CT molecular complexity index is 939. The topological polar surface area (TPSA) is 63.3 Å². The number of hydrazone groups is 1. The van der Waals surface area contributed by atoms with Crippen LogP contribution in [0.1, 0.15) is 5.76 Å². The molecule has 2 heterocycles. The van der Waals surface area contributed by atoms with E-state index in [9.17, 15) is 0 Å². The molecule has 5 nitrogen and oxygen atoms in total. The smallest absolute Gasteiger partial charge is 0.244 e. The standard InChI is InChI=1S/C21H16N4O/c1-3-8-16(9-4-1)19-14-20(17-10-5-2-6-11-17)24-21(23-19)25-22-15-18-12-7-13-26-18/h1-15H,(H,23,24,25). The molecule has 0 unspecified atom stereocenters. The predicted octanol–water partition coefficient (Wildman–Crippen LogP) is 4.85. The van der Waals surface area contributed by atoms with E-state index in [2.05, 4.69) is 20.5 Å². The van der Waals surface area contributed by atoms with Crippen molar-refractivity contribution in [2.75, 3.05) is 5.43 Å². The van der Waals surface area contributed by atoms with Gasteiger partial charge in [0.25, 0.3) is 0 Å². The van der Waals surface area contributed by atoms with Crippen molar-refractivity contribution in [1.82, 2.24) is 9.97 Å². The first-order valence-electron chi connectivity index (χ1n) is 8.21. The summed E-state index contributed by atoms with van der Waals surface area (Å²) in [7, 11) is 0. The molecule has 0 fully saturated rings. The van der Waals surface area contributed by atoms with Crippen LogP contribution >= 0.6 is 0 Å². The summed E-state index contributed by atoms with van der Waals surface area (Å²) in [6, 6.07) is 25.6. The molecule has 0 aliphatic heterocycles. The summed E-state index contributed by atoms with van der Waals surface area (Å²) in [5.41, 5.74) is 6.59. The molecule has 0 saturated carbocycles. The Labute approximate surface area is 151 Å². The lowest BCUT2D eigenvalue weighted by Gasteiger charge is -2.08. The molecule has 0 spiro atoms. The van der Waals surface area contributed by atoms with Gasteiger partial charge in [-0.2, -0.15) is 5.10 Å². The molecule has 4 aromatic rings. The summed E-state index contributed by atoms with van der Waals surface area (Å²) in [6.07, 6.45) is 3.18. The normalized spacial score (nSPS) is 10.9. The molecule has 26 heavy (non-hydrogen) atoms. The Morgan fingerprint density at radius 2 is 1.38 bits per heavy atom. The fourth-order valence-electron chi connectivity index (χ4n) is 2.53. The fraction of sp³-hybridized carbons (Fsp3) is 0. The third kappa shape index (κ3) is 3.67. The molecule has 5 heteroatoms. The second-order valence-corrected chi connectivity index (χ2v) is 5.58. The fourth-order valence-corrected chi connectivity index (χ4v) is 2.53. The minimum atomic E-state index is 0.424. The minimum Gasteiger partial charge on any atom is -0.463 e. The van der Waals surface area contributed by atoms with Crippen LogP contribution < -0.4 is 5.43 Å². The molecule has 2 aromatic heterocycles. The van der Waals surface area contributed by atoms with Crippen LogP contribution in [-0.4, -0.2) is 16.2 Å². The van der Waals surface area contributed by atoms with E-state index in [0.29, 0.717) is 11.7 Å². The highest BCUT2D eigenvalue weighted by molar-refractivity contribution is 5.76. The van der Waals surface area contributed by atoms with E-state index in [0.717, 1.165) is 22.5 Å². The predicted molar refractivity (Wildman–Crippen MR) is 103 cm³/mol. The Kier molecular flexibility index (Phi) is 4.52. The zero-order valence-electron chi connectivity index (χ0n) is 13.9. The van der Waals surface area contributed by atoms with E-state index in [-0.39, 0.29) is 0 Å². The third-order valence-corrected chi connectivity index (χ3v) is 3.76. The largest absolute Gasteiger partial charge is 0.463 e. The second-order valence-electron chi connectivity index (χ2n) is 5.58. The van der Waals surface area contributed by atoms with Crippen molar-refractivity contribution in [2.24, 2.45) is 5.10 Å². The van der Waals surface area contributed by atoms with Gasteiger partial charge in [-0.3, -0.25) is 0 Å².